The third-order valence-corrected chi connectivity index (χ3v) is 9.59. The van der Waals surface area contributed by atoms with Crippen LogP contribution < -0.4 is 0 Å². The zero-order valence-electron chi connectivity index (χ0n) is 27.0. The van der Waals surface area contributed by atoms with Crippen LogP contribution in [0.4, 0.5) is 0 Å². The Morgan fingerprint density at radius 1 is 0.380 bits per heavy atom. The van der Waals surface area contributed by atoms with E-state index in [1.54, 1.807) is 0 Å². The molecule has 1 aliphatic carbocycles. The predicted octanol–water partition coefficient (Wildman–Crippen LogP) is 11.1. The van der Waals surface area contributed by atoms with E-state index < -0.39 is 5.41 Å². The van der Waals surface area contributed by atoms with Crippen molar-refractivity contribution in [2.45, 2.75) is 5.41 Å². The molecule has 2 nitrogen and oxygen atoms in total. The first-order valence-corrected chi connectivity index (χ1v) is 16.6. The second kappa shape index (κ2) is 13.3. The van der Waals surface area contributed by atoms with Crippen LogP contribution in [0.5, 0.6) is 0 Å². The zero-order chi connectivity index (χ0) is 32.6. The van der Waals surface area contributed by atoms with Gasteiger partial charge in [0.15, 0.2) is 0 Å². The predicted molar refractivity (Wildman–Crippen MR) is 199 cm³/mol. The summed E-state index contributed by atoms with van der Waals surface area (Å²) in [6, 6.07) is 67.9. The van der Waals surface area contributed by atoms with Crippen molar-refractivity contribution in [1.29, 1.82) is 0 Å². The van der Waals surface area contributed by atoms with Crippen molar-refractivity contribution in [3.8, 4) is 55.9 Å². The van der Waals surface area contributed by atoms with Gasteiger partial charge < -0.3 is 9.97 Å². The molecule has 8 aromatic rings. The molecule has 0 unspecified atom stereocenters. The van der Waals surface area contributed by atoms with Gasteiger partial charge in [-0.05, 0) is 56.9 Å². The molecule has 0 radical (unpaired) electrons. The number of nitrogens with zero attached hydrogens (tertiary/aromatic N) is 2. The van der Waals surface area contributed by atoms with Crippen LogP contribution in [0.15, 0.2) is 182 Å². The van der Waals surface area contributed by atoms with Crippen LogP contribution in [-0.4, -0.2) is 9.97 Å². The molecule has 0 N–H and O–H groups in total. The van der Waals surface area contributed by atoms with Crippen molar-refractivity contribution in [3.63, 3.8) is 0 Å². The zero-order valence-corrected chi connectivity index (χ0v) is 29.3. The molecule has 3 heteroatoms. The molecule has 0 saturated carbocycles. The van der Waals surface area contributed by atoms with E-state index in [2.05, 4.69) is 158 Å². The first-order valence-electron chi connectivity index (χ1n) is 16.6. The van der Waals surface area contributed by atoms with Gasteiger partial charge >= 0.3 is 21.1 Å². The molecule has 9 rings (SSSR count). The van der Waals surface area contributed by atoms with Gasteiger partial charge in [0, 0.05) is 17.8 Å². The third kappa shape index (κ3) is 5.34. The maximum atomic E-state index is 4.80. The molecule has 6 aromatic carbocycles. The van der Waals surface area contributed by atoms with E-state index in [9.17, 15) is 0 Å². The topological polar surface area (TPSA) is 25.8 Å². The quantitative estimate of drug-likeness (QED) is 0.156. The molecule has 0 bridgehead atoms. The standard InChI is InChI=1S/C47H30N2.Pt/c1-3-15-33(16-4-1)35-27-37(45-23-11-13-25-48-45)31-39(29-35)47(43-21-9-7-19-41(43)42-20-8-10-22-44(42)47)40-30-36(34-17-5-2-6-18-34)28-38(32-40)46-24-12-14-26-49-46;/h1-30H;/q-2;+2. The number of rotatable bonds is 6. The van der Waals surface area contributed by atoms with Crippen LogP contribution in [0.3, 0.4) is 0 Å². The first-order chi connectivity index (χ1) is 24.3. The average Bonchev–Trinajstić information content (AvgIpc) is 3.50. The van der Waals surface area contributed by atoms with Gasteiger partial charge in [-0.15, -0.1) is 69.8 Å². The van der Waals surface area contributed by atoms with Gasteiger partial charge in [-0.2, -0.15) is 0 Å². The normalized spacial score (nSPS) is 12.4. The number of fused-ring (bicyclic) bond motifs is 3. The molecule has 0 aliphatic heterocycles. The minimum Gasteiger partial charge on any atom is -0.305 e. The van der Waals surface area contributed by atoms with Gasteiger partial charge in [0.1, 0.15) is 0 Å². The average molecular weight is 818 g/mol. The summed E-state index contributed by atoms with van der Waals surface area (Å²) >= 11 is 0. The van der Waals surface area contributed by atoms with E-state index >= 15 is 0 Å². The van der Waals surface area contributed by atoms with Crippen LogP contribution in [0.25, 0.3) is 55.9 Å². The molecule has 50 heavy (non-hydrogen) atoms. The van der Waals surface area contributed by atoms with Crippen LogP contribution in [-0.2, 0) is 26.5 Å². The molecule has 1 aliphatic rings. The number of aromatic nitrogens is 2. The second-order valence-corrected chi connectivity index (χ2v) is 12.4. The largest absolute Gasteiger partial charge is 2.00 e. The molecule has 0 spiro atoms. The molecule has 2 heterocycles. The fourth-order valence-electron chi connectivity index (χ4n) is 7.42. The Kier molecular flexibility index (Phi) is 8.41. The van der Waals surface area contributed by atoms with Gasteiger partial charge in [-0.1, -0.05) is 133 Å². The van der Waals surface area contributed by atoms with E-state index in [1.165, 1.54) is 22.3 Å². The van der Waals surface area contributed by atoms with E-state index in [1.807, 2.05) is 36.7 Å². The van der Waals surface area contributed by atoms with E-state index in [-0.39, 0.29) is 21.1 Å². The Hall–Kier alpha value is -5.69. The van der Waals surface area contributed by atoms with Crippen LogP contribution in [0.2, 0.25) is 0 Å². The fraction of sp³-hybridized carbons (Fsp3) is 0.0213. The molecule has 0 fully saturated rings. The van der Waals surface area contributed by atoms with Gasteiger partial charge in [0.25, 0.3) is 0 Å². The van der Waals surface area contributed by atoms with Crippen molar-refractivity contribution in [3.05, 3.63) is 217 Å². The van der Waals surface area contributed by atoms with Crippen LogP contribution >= 0.6 is 0 Å². The summed E-state index contributed by atoms with van der Waals surface area (Å²) in [4.78, 5) is 9.59. The van der Waals surface area contributed by atoms with Crippen molar-refractivity contribution in [2.75, 3.05) is 0 Å². The summed E-state index contributed by atoms with van der Waals surface area (Å²) in [5.41, 5.74) is 14.3. The van der Waals surface area contributed by atoms with Gasteiger partial charge in [0.2, 0.25) is 0 Å². The Bertz CT molecular complexity index is 2140. The smallest absolute Gasteiger partial charge is 0.305 e. The van der Waals surface area contributed by atoms with Crippen LogP contribution in [0.1, 0.15) is 22.3 Å². The van der Waals surface area contributed by atoms with Crippen LogP contribution in [0, 0.1) is 12.1 Å². The van der Waals surface area contributed by atoms with Gasteiger partial charge in [0.05, 0.1) is 0 Å². The first kappa shape index (κ1) is 31.6. The summed E-state index contributed by atoms with van der Waals surface area (Å²) < 4.78 is 0. The third-order valence-electron chi connectivity index (χ3n) is 9.59. The molecule has 0 amide bonds. The Balaban J connectivity index is 0.00000361. The SMILES string of the molecule is [Pt+2].[c-]1c(-c2ccccn2)cc(-c2ccccc2)cc1C1(c2[c-]c(-c3ccccn3)cc(-c3ccccc3)c2)c2ccccc2-c2ccccc21. The van der Waals surface area contributed by atoms with Crippen molar-refractivity contribution < 1.29 is 21.1 Å². The summed E-state index contributed by atoms with van der Waals surface area (Å²) in [5, 5.41) is 0. The van der Waals surface area contributed by atoms with E-state index in [0.717, 1.165) is 55.9 Å². The van der Waals surface area contributed by atoms with Crippen molar-refractivity contribution in [1.82, 2.24) is 9.97 Å². The van der Waals surface area contributed by atoms with E-state index in [4.69, 9.17) is 9.97 Å². The van der Waals surface area contributed by atoms with Crippen molar-refractivity contribution >= 4 is 0 Å². The Morgan fingerprint density at radius 3 is 1.20 bits per heavy atom. The number of hydrogen-bond donors (Lipinski definition) is 0. The second-order valence-electron chi connectivity index (χ2n) is 12.4. The van der Waals surface area contributed by atoms with Gasteiger partial charge in [-0.25, -0.2) is 0 Å². The monoisotopic (exact) mass is 817 g/mol. The Morgan fingerprint density at radius 2 is 0.780 bits per heavy atom. The van der Waals surface area contributed by atoms with Crippen molar-refractivity contribution in [2.24, 2.45) is 0 Å². The fourth-order valence-corrected chi connectivity index (χ4v) is 7.42. The minimum absolute atomic E-state index is 0. The molecule has 0 saturated heterocycles. The summed E-state index contributed by atoms with van der Waals surface area (Å²) in [6.07, 6.45) is 3.70. The molecule has 0 atom stereocenters. The summed E-state index contributed by atoms with van der Waals surface area (Å²) in [5.74, 6) is 0. The summed E-state index contributed by atoms with van der Waals surface area (Å²) in [7, 11) is 0. The molecular weight excluding hydrogens is 788 g/mol. The van der Waals surface area contributed by atoms with E-state index in [0.29, 0.717) is 0 Å². The molecule has 238 valence electrons. The maximum Gasteiger partial charge on any atom is 2.00 e. The minimum atomic E-state index is -0.740. The van der Waals surface area contributed by atoms with Gasteiger partial charge in [-0.3, -0.25) is 0 Å². The Labute approximate surface area is 307 Å². The molecular formula is C47H30N2Pt. The number of pyridine rings is 2. The molecule has 2 aromatic heterocycles. The summed E-state index contributed by atoms with van der Waals surface area (Å²) in [6.45, 7) is 0. The maximum absolute atomic E-state index is 4.80. The number of hydrogen-bond acceptors (Lipinski definition) is 2. The number of benzene rings is 6.